The molecule has 9 heteroatoms. The third kappa shape index (κ3) is 4.91. The van der Waals surface area contributed by atoms with E-state index in [9.17, 15) is 0 Å². The number of aryl methyl sites for hydroxylation is 3. The zero-order valence-corrected chi connectivity index (χ0v) is 19.2. The Morgan fingerprint density at radius 1 is 1.10 bits per heavy atom. The molecule has 1 aromatic carbocycles. The summed E-state index contributed by atoms with van der Waals surface area (Å²) in [5, 5.41) is 17.4. The van der Waals surface area contributed by atoms with Gasteiger partial charge in [0.25, 0.3) is 0 Å². The van der Waals surface area contributed by atoms with Crippen LogP contribution in [0.25, 0.3) is 0 Å². The van der Waals surface area contributed by atoms with E-state index < -0.39 is 0 Å². The Bertz CT molecular complexity index is 1020. The summed E-state index contributed by atoms with van der Waals surface area (Å²) in [5.74, 6) is 0. The second kappa shape index (κ2) is 9.15. The molecule has 0 atom stereocenters. The topological polar surface area (TPSA) is 59.7 Å². The van der Waals surface area contributed by atoms with Crippen LogP contribution >= 0.6 is 35.4 Å². The first kappa shape index (κ1) is 21.6. The summed E-state index contributed by atoms with van der Waals surface area (Å²) in [5.41, 5.74) is 5.65. The van der Waals surface area contributed by atoms with Gasteiger partial charge in [-0.25, -0.2) is 0 Å². The number of rotatable bonds is 6. The molecular formula is C20H24Cl2N6S. The van der Waals surface area contributed by atoms with Gasteiger partial charge in [0.15, 0.2) is 5.11 Å². The molecule has 0 aliphatic heterocycles. The first-order chi connectivity index (χ1) is 13.8. The van der Waals surface area contributed by atoms with E-state index in [-0.39, 0.29) is 0 Å². The average Bonchev–Trinajstić information content (AvgIpc) is 3.17. The largest absolute Gasteiger partial charge is 0.358 e. The van der Waals surface area contributed by atoms with Gasteiger partial charge in [0.05, 0.1) is 29.3 Å². The minimum atomic E-state index is 0.489. The number of benzene rings is 1. The van der Waals surface area contributed by atoms with E-state index in [1.807, 2.05) is 54.5 Å². The van der Waals surface area contributed by atoms with E-state index in [0.717, 1.165) is 40.4 Å². The molecule has 0 bridgehead atoms. The summed E-state index contributed by atoms with van der Waals surface area (Å²) >= 11 is 18.1. The number of anilines is 1. The van der Waals surface area contributed by atoms with Crippen LogP contribution in [0.15, 0.2) is 24.4 Å². The lowest BCUT2D eigenvalue weighted by Gasteiger charge is -2.12. The second-order valence-electron chi connectivity index (χ2n) is 6.81. The van der Waals surface area contributed by atoms with Crippen LogP contribution in [0.2, 0.25) is 10.0 Å². The first-order valence-corrected chi connectivity index (χ1v) is 10.5. The van der Waals surface area contributed by atoms with Crippen molar-refractivity contribution in [2.24, 2.45) is 0 Å². The first-order valence-electron chi connectivity index (χ1n) is 9.34. The molecule has 0 saturated carbocycles. The lowest BCUT2D eigenvalue weighted by molar-refractivity contribution is 0.653. The van der Waals surface area contributed by atoms with Crippen molar-refractivity contribution < 1.29 is 0 Å². The molecule has 2 aromatic heterocycles. The Morgan fingerprint density at radius 3 is 2.41 bits per heavy atom. The molecule has 3 rings (SSSR count). The molecule has 6 nitrogen and oxygen atoms in total. The van der Waals surface area contributed by atoms with Gasteiger partial charge in [-0.05, 0) is 52.0 Å². The highest BCUT2D eigenvalue weighted by Crippen LogP contribution is 2.27. The van der Waals surface area contributed by atoms with E-state index in [2.05, 4.69) is 27.8 Å². The third-order valence-electron chi connectivity index (χ3n) is 4.80. The smallest absolute Gasteiger partial charge is 0.171 e. The standard InChI is InChI=1S/C20H24Cl2N6S/c1-5-27-10-15(12(2)25-27)9-23-20(29)24-19-13(3)26-28(14(19)4)11-16-17(21)7-6-8-18(16)22/h6-8,10H,5,9,11H2,1-4H3,(H2,23,24,29). The van der Waals surface area contributed by atoms with Crippen LogP contribution in [0.5, 0.6) is 0 Å². The lowest BCUT2D eigenvalue weighted by Crippen LogP contribution is -2.28. The monoisotopic (exact) mass is 450 g/mol. The number of nitrogens with one attached hydrogen (secondary N) is 2. The second-order valence-corrected chi connectivity index (χ2v) is 8.03. The predicted molar refractivity (Wildman–Crippen MR) is 123 cm³/mol. The van der Waals surface area contributed by atoms with E-state index >= 15 is 0 Å². The summed E-state index contributed by atoms with van der Waals surface area (Å²) in [7, 11) is 0. The third-order valence-corrected chi connectivity index (χ3v) is 5.76. The molecular weight excluding hydrogens is 427 g/mol. The highest BCUT2D eigenvalue weighted by atomic mass is 35.5. The molecule has 0 aliphatic rings. The number of hydrogen-bond donors (Lipinski definition) is 2. The quantitative estimate of drug-likeness (QED) is 0.524. The van der Waals surface area contributed by atoms with Crippen LogP contribution in [0, 0.1) is 20.8 Å². The Hall–Kier alpha value is -2.09. The van der Waals surface area contributed by atoms with Crippen molar-refractivity contribution in [3.8, 4) is 0 Å². The van der Waals surface area contributed by atoms with Crippen molar-refractivity contribution in [3.63, 3.8) is 0 Å². The number of halogens is 2. The Morgan fingerprint density at radius 2 is 1.79 bits per heavy atom. The molecule has 0 unspecified atom stereocenters. The molecule has 3 aromatic rings. The molecule has 154 valence electrons. The zero-order chi connectivity index (χ0) is 21.1. The van der Waals surface area contributed by atoms with Crippen LogP contribution < -0.4 is 10.6 Å². The van der Waals surface area contributed by atoms with Crippen LogP contribution in [-0.4, -0.2) is 24.7 Å². The van der Waals surface area contributed by atoms with Crippen LogP contribution in [0.1, 0.15) is 35.1 Å². The van der Waals surface area contributed by atoms with Gasteiger partial charge in [-0.3, -0.25) is 9.36 Å². The van der Waals surface area contributed by atoms with Gasteiger partial charge < -0.3 is 10.6 Å². The average molecular weight is 451 g/mol. The SMILES string of the molecule is CCn1cc(CNC(=S)Nc2c(C)nn(Cc3c(Cl)cccc3Cl)c2C)c(C)n1. The number of hydrogen-bond acceptors (Lipinski definition) is 3. The number of aromatic nitrogens is 4. The Balaban J connectivity index is 1.69. The maximum absolute atomic E-state index is 6.31. The van der Waals surface area contributed by atoms with E-state index in [1.165, 1.54) is 0 Å². The van der Waals surface area contributed by atoms with Crippen LogP contribution in [0.4, 0.5) is 5.69 Å². The van der Waals surface area contributed by atoms with Gasteiger partial charge in [0.2, 0.25) is 0 Å². The van der Waals surface area contributed by atoms with Gasteiger partial charge in [-0.2, -0.15) is 10.2 Å². The summed E-state index contributed by atoms with van der Waals surface area (Å²) in [4.78, 5) is 0. The Labute approximate surface area is 186 Å². The summed E-state index contributed by atoms with van der Waals surface area (Å²) < 4.78 is 3.80. The lowest BCUT2D eigenvalue weighted by atomic mass is 10.2. The fourth-order valence-electron chi connectivity index (χ4n) is 3.09. The van der Waals surface area contributed by atoms with Crippen molar-refractivity contribution >= 4 is 46.2 Å². The predicted octanol–water partition coefficient (Wildman–Crippen LogP) is 4.87. The van der Waals surface area contributed by atoms with Gasteiger partial charge in [0, 0.05) is 40.5 Å². The molecule has 2 N–H and O–H groups in total. The van der Waals surface area contributed by atoms with Crippen molar-refractivity contribution in [1.29, 1.82) is 0 Å². The summed E-state index contributed by atoms with van der Waals surface area (Å²) in [6, 6.07) is 5.49. The summed E-state index contributed by atoms with van der Waals surface area (Å²) in [6.07, 6.45) is 2.03. The molecule has 0 spiro atoms. The van der Waals surface area contributed by atoms with Crippen molar-refractivity contribution in [2.45, 2.75) is 47.3 Å². The fourth-order valence-corrected chi connectivity index (χ4v) is 3.78. The summed E-state index contributed by atoms with van der Waals surface area (Å²) in [6.45, 7) is 9.94. The molecule has 0 fully saturated rings. The van der Waals surface area contributed by atoms with E-state index in [1.54, 1.807) is 0 Å². The van der Waals surface area contributed by atoms with E-state index in [0.29, 0.717) is 28.2 Å². The molecule has 29 heavy (non-hydrogen) atoms. The minimum Gasteiger partial charge on any atom is -0.358 e. The van der Waals surface area contributed by atoms with Gasteiger partial charge >= 0.3 is 0 Å². The highest BCUT2D eigenvalue weighted by molar-refractivity contribution is 7.80. The maximum atomic E-state index is 6.31. The minimum absolute atomic E-state index is 0.489. The normalized spacial score (nSPS) is 11.0. The van der Waals surface area contributed by atoms with Crippen molar-refractivity contribution in [1.82, 2.24) is 24.9 Å². The molecule has 0 aliphatic carbocycles. The van der Waals surface area contributed by atoms with Gasteiger partial charge in [0.1, 0.15) is 0 Å². The Kier molecular flexibility index (Phi) is 6.82. The fraction of sp³-hybridized carbons (Fsp3) is 0.350. The van der Waals surface area contributed by atoms with Crippen LogP contribution in [0.3, 0.4) is 0 Å². The van der Waals surface area contributed by atoms with Gasteiger partial charge in [-0.15, -0.1) is 0 Å². The molecule has 0 amide bonds. The number of thiocarbonyl (C=S) groups is 1. The van der Waals surface area contributed by atoms with Crippen molar-refractivity contribution in [2.75, 3.05) is 5.32 Å². The van der Waals surface area contributed by atoms with Crippen LogP contribution in [-0.2, 0) is 19.6 Å². The molecule has 0 radical (unpaired) electrons. The molecule has 0 saturated heterocycles. The highest BCUT2D eigenvalue weighted by Gasteiger charge is 2.15. The van der Waals surface area contributed by atoms with Gasteiger partial charge in [-0.1, -0.05) is 29.3 Å². The van der Waals surface area contributed by atoms with E-state index in [4.69, 9.17) is 35.4 Å². The zero-order valence-electron chi connectivity index (χ0n) is 16.9. The number of nitrogens with zero attached hydrogens (tertiary/aromatic N) is 4. The maximum Gasteiger partial charge on any atom is 0.171 e. The van der Waals surface area contributed by atoms with Crippen molar-refractivity contribution in [3.05, 3.63) is 62.6 Å². The molecule has 2 heterocycles.